The minimum absolute atomic E-state index is 0.00589. The van der Waals surface area contributed by atoms with Crippen LogP contribution < -0.4 is 15.0 Å². The highest BCUT2D eigenvalue weighted by Gasteiger charge is 2.38. The second kappa shape index (κ2) is 7.74. The molecule has 1 aromatic carbocycles. The summed E-state index contributed by atoms with van der Waals surface area (Å²) in [6.07, 6.45) is 0.00589. The Bertz CT molecular complexity index is 692. The zero-order valence-corrected chi connectivity index (χ0v) is 15.0. The molecule has 0 spiro atoms. The van der Waals surface area contributed by atoms with Crippen molar-refractivity contribution >= 4 is 35.1 Å². The molecule has 1 unspecified atom stereocenters. The van der Waals surface area contributed by atoms with Gasteiger partial charge in [0.15, 0.2) is 0 Å². The van der Waals surface area contributed by atoms with Crippen LogP contribution in [0.2, 0.25) is 5.02 Å². The van der Waals surface area contributed by atoms with Crippen LogP contribution in [-0.2, 0) is 14.4 Å². The van der Waals surface area contributed by atoms with Crippen LogP contribution in [0.1, 0.15) is 20.3 Å². The van der Waals surface area contributed by atoms with Crippen LogP contribution in [0.5, 0.6) is 5.75 Å². The van der Waals surface area contributed by atoms with E-state index < -0.39 is 23.8 Å². The van der Waals surface area contributed by atoms with Crippen LogP contribution in [0.3, 0.4) is 0 Å². The van der Waals surface area contributed by atoms with Crippen LogP contribution in [-0.4, -0.2) is 42.6 Å². The molecule has 1 heterocycles. The first-order chi connectivity index (χ1) is 11.7. The highest BCUT2D eigenvalue weighted by molar-refractivity contribution is 6.31. The van der Waals surface area contributed by atoms with Gasteiger partial charge >= 0.3 is 5.97 Å². The van der Waals surface area contributed by atoms with E-state index in [1.807, 2.05) is 0 Å². The van der Waals surface area contributed by atoms with Gasteiger partial charge in [-0.2, -0.15) is 0 Å². The van der Waals surface area contributed by atoms with Gasteiger partial charge in [-0.1, -0.05) is 25.4 Å². The van der Waals surface area contributed by atoms with Crippen LogP contribution in [0.25, 0.3) is 0 Å². The fourth-order valence-corrected chi connectivity index (χ4v) is 2.94. The maximum atomic E-state index is 12.4. The number of amides is 2. The van der Waals surface area contributed by atoms with Crippen molar-refractivity contribution in [1.29, 1.82) is 0 Å². The fourth-order valence-electron chi connectivity index (χ4n) is 2.77. The number of benzene rings is 1. The molecule has 136 valence electrons. The van der Waals surface area contributed by atoms with Gasteiger partial charge in [-0.25, -0.2) is 4.79 Å². The zero-order chi connectivity index (χ0) is 18.7. The maximum Gasteiger partial charge on any atom is 0.326 e. The molecule has 0 aromatic heterocycles. The molecule has 2 N–H and O–H groups in total. The lowest BCUT2D eigenvalue weighted by atomic mass is 10.0. The standard InChI is InChI=1S/C17H21ClN2O5/c1-9(2)15(17(23)24)19-16(22)10-6-14(21)20(8-10)12-7-11(18)4-5-13(12)25-3/h4-5,7,9-10,15H,6,8H2,1-3H3,(H,19,22)(H,23,24)/t10?,15-/m1/s1. The monoisotopic (exact) mass is 368 g/mol. The molecule has 1 aromatic rings. The third-order valence-corrected chi connectivity index (χ3v) is 4.39. The summed E-state index contributed by atoms with van der Waals surface area (Å²) >= 11 is 6.00. The van der Waals surface area contributed by atoms with Gasteiger partial charge in [0.2, 0.25) is 11.8 Å². The Balaban J connectivity index is 2.16. The molecule has 0 saturated carbocycles. The van der Waals surface area contributed by atoms with E-state index in [2.05, 4.69) is 5.32 Å². The highest BCUT2D eigenvalue weighted by atomic mass is 35.5. The average Bonchev–Trinajstić information content (AvgIpc) is 2.93. The Hall–Kier alpha value is -2.28. The summed E-state index contributed by atoms with van der Waals surface area (Å²) in [5.41, 5.74) is 0.494. The Morgan fingerprint density at radius 3 is 2.64 bits per heavy atom. The van der Waals surface area contributed by atoms with E-state index >= 15 is 0 Å². The molecule has 2 rings (SSSR count). The van der Waals surface area contributed by atoms with E-state index in [1.165, 1.54) is 12.0 Å². The van der Waals surface area contributed by atoms with E-state index in [1.54, 1.807) is 32.0 Å². The number of carboxylic acids is 1. The normalized spacial score (nSPS) is 18.4. The summed E-state index contributed by atoms with van der Waals surface area (Å²) in [7, 11) is 1.48. The lowest BCUT2D eigenvalue weighted by Gasteiger charge is -2.21. The number of carbonyl (C=O) groups excluding carboxylic acids is 2. The molecule has 0 aliphatic carbocycles. The first kappa shape index (κ1) is 19.1. The van der Waals surface area contributed by atoms with Crippen molar-refractivity contribution in [2.75, 3.05) is 18.6 Å². The van der Waals surface area contributed by atoms with E-state index in [0.717, 1.165) is 0 Å². The summed E-state index contributed by atoms with van der Waals surface area (Å²) in [5.74, 6) is -2.19. The van der Waals surface area contributed by atoms with Gasteiger partial charge < -0.3 is 20.1 Å². The smallest absolute Gasteiger partial charge is 0.326 e. The average molecular weight is 369 g/mol. The molecular weight excluding hydrogens is 348 g/mol. The van der Waals surface area contributed by atoms with Crippen molar-refractivity contribution in [1.82, 2.24) is 5.32 Å². The summed E-state index contributed by atoms with van der Waals surface area (Å²) in [6, 6.07) is 3.91. The Kier molecular flexibility index (Phi) is 5.89. The van der Waals surface area contributed by atoms with E-state index in [0.29, 0.717) is 16.5 Å². The highest BCUT2D eigenvalue weighted by Crippen LogP contribution is 2.35. The molecule has 1 aliphatic heterocycles. The van der Waals surface area contributed by atoms with Gasteiger partial charge in [0, 0.05) is 18.0 Å². The number of carbonyl (C=O) groups is 3. The zero-order valence-electron chi connectivity index (χ0n) is 14.3. The summed E-state index contributed by atoms with van der Waals surface area (Å²) in [5, 5.41) is 12.2. The summed E-state index contributed by atoms with van der Waals surface area (Å²) in [4.78, 5) is 37.4. The molecule has 7 nitrogen and oxygen atoms in total. The number of anilines is 1. The molecule has 1 saturated heterocycles. The van der Waals surface area contributed by atoms with Crippen LogP contribution in [0.4, 0.5) is 5.69 Å². The van der Waals surface area contributed by atoms with E-state index in [-0.39, 0.29) is 24.8 Å². The molecule has 8 heteroatoms. The summed E-state index contributed by atoms with van der Waals surface area (Å²) in [6.45, 7) is 3.57. The number of hydrogen-bond donors (Lipinski definition) is 2. The topological polar surface area (TPSA) is 95.9 Å². The van der Waals surface area contributed by atoms with Crippen molar-refractivity contribution in [3.05, 3.63) is 23.2 Å². The van der Waals surface area contributed by atoms with Crippen LogP contribution in [0.15, 0.2) is 18.2 Å². The molecule has 0 radical (unpaired) electrons. The number of hydrogen-bond acceptors (Lipinski definition) is 4. The SMILES string of the molecule is COc1ccc(Cl)cc1N1CC(C(=O)N[C@@H](C(=O)O)C(C)C)CC1=O. The van der Waals surface area contributed by atoms with Gasteiger partial charge in [-0.05, 0) is 24.1 Å². The fraction of sp³-hybridized carbons (Fsp3) is 0.471. The second-order valence-corrected chi connectivity index (χ2v) is 6.73. The number of carboxylic acid groups (broad SMARTS) is 1. The number of halogens is 1. The lowest BCUT2D eigenvalue weighted by molar-refractivity contribution is -0.143. The minimum atomic E-state index is -1.10. The summed E-state index contributed by atoms with van der Waals surface area (Å²) < 4.78 is 5.25. The van der Waals surface area contributed by atoms with Crippen LogP contribution >= 0.6 is 11.6 Å². The third-order valence-electron chi connectivity index (χ3n) is 4.16. The van der Waals surface area contributed by atoms with Crippen molar-refractivity contribution < 1.29 is 24.2 Å². The van der Waals surface area contributed by atoms with E-state index in [4.69, 9.17) is 16.3 Å². The predicted molar refractivity (Wildman–Crippen MR) is 92.9 cm³/mol. The van der Waals surface area contributed by atoms with Crippen molar-refractivity contribution in [3.63, 3.8) is 0 Å². The molecule has 0 bridgehead atoms. The third kappa shape index (κ3) is 4.22. The van der Waals surface area contributed by atoms with Crippen molar-refractivity contribution in [2.45, 2.75) is 26.3 Å². The predicted octanol–water partition coefficient (Wildman–Crippen LogP) is 1.93. The largest absolute Gasteiger partial charge is 0.495 e. The van der Waals surface area contributed by atoms with Gasteiger partial charge in [0.1, 0.15) is 11.8 Å². The first-order valence-corrected chi connectivity index (χ1v) is 8.29. The number of rotatable bonds is 6. The van der Waals surface area contributed by atoms with Gasteiger partial charge in [0.05, 0.1) is 18.7 Å². The second-order valence-electron chi connectivity index (χ2n) is 6.29. The number of nitrogens with one attached hydrogen (secondary N) is 1. The Morgan fingerprint density at radius 2 is 2.08 bits per heavy atom. The molecule has 1 aliphatic rings. The Labute approximate surface area is 150 Å². The van der Waals surface area contributed by atoms with Crippen LogP contribution in [0, 0.1) is 11.8 Å². The number of ether oxygens (including phenoxy) is 1. The molecule has 25 heavy (non-hydrogen) atoms. The van der Waals surface area contributed by atoms with Gasteiger partial charge in [-0.3, -0.25) is 9.59 Å². The molecule has 1 fully saturated rings. The molecule has 2 amide bonds. The number of methoxy groups -OCH3 is 1. The quantitative estimate of drug-likeness (QED) is 0.799. The van der Waals surface area contributed by atoms with Gasteiger partial charge in [0.25, 0.3) is 0 Å². The van der Waals surface area contributed by atoms with Gasteiger partial charge in [-0.15, -0.1) is 0 Å². The Morgan fingerprint density at radius 1 is 1.40 bits per heavy atom. The number of aliphatic carboxylic acids is 1. The van der Waals surface area contributed by atoms with Crippen molar-refractivity contribution in [2.24, 2.45) is 11.8 Å². The first-order valence-electron chi connectivity index (χ1n) is 7.91. The van der Waals surface area contributed by atoms with E-state index in [9.17, 15) is 19.5 Å². The molecule has 2 atom stereocenters. The lowest BCUT2D eigenvalue weighted by Crippen LogP contribution is -2.47. The number of nitrogens with zero attached hydrogens (tertiary/aromatic N) is 1. The minimum Gasteiger partial charge on any atom is -0.495 e. The molecular formula is C17H21ClN2O5. The maximum absolute atomic E-state index is 12.4. The van der Waals surface area contributed by atoms with Crippen molar-refractivity contribution in [3.8, 4) is 5.75 Å².